The van der Waals surface area contributed by atoms with Crippen LogP contribution in [0.3, 0.4) is 0 Å². The molecule has 0 N–H and O–H groups in total. The summed E-state index contributed by atoms with van der Waals surface area (Å²) in [6.07, 6.45) is 0. The normalized spacial score (nSPS) is 10.8. The molecule has 2 heterocycles. The van der Waals surface area contributed by atoms with E-state index in [1.807, 2.05) is 6.07 Å². The first-order valence-electron chi connectivity index (χ1n) is 9.38. The predicted molar refractivity (Wildman–Crippen MR) is 115 cm³/mol. The number of nitrogens with zero attached hydrogens (tertiary/aromatic N) is 4. The fourth-order valence-corrected chi connectivity index (χ4v) is 3.44. The molecule has 2 aromatic carbocycles. The van der Waals surface area contributed by atoms with Crippen molar-refractivity contribution in [3.63, 3.8) is 0 Å². The van der Waals surface area contributed by atoms with E-state index in [1.165, 1.54) is 11.8 Å². The summed E-state index contributed by atoms with van der Waals surface area (Å²) in [6, 6.07) is 10.7. The topological polar surface area (TPSA) is 115 Å². The van der Waals surface area contributed by atoms with Crippen LogP contribution in [0.25, 0.3) is 22.9 Å². The monoisotopic (exact) mass is 456 g/mol. The van der Waals surface area contributed by atoms with E-state index in [-0.39, 0.29) is 0 Å². The van der Waals surface area contributed by atoms with Crippen molar-refractivity contribution >= 4 is 11.8 Å². The average Bonchev–Trinajstić information content (AvgIpc) is 3.51. The second-order valence-electron chi connectivity index (χ2n) is 6.33. The van der Waals surface area contributed by atoms with Gasteiger partial charge in [-0.3, -0.25) is 0 Å². The molecule has 10 nitrogen and oxygen atoms in total. The van der Waals surface area contributed by atoms with Crippen LogP contribution in [0.5, 0.6) is 23.0 Å². The number of rotatable bonds is 9. The molecule has 0 saturated heterocycles. The molecular weight excluding hydrogens is 436 g/mol. The number of hydrogen-bond donors (Lipinski definition) is 0. The van der Waals surface area contributed by atoms with Crippen molar-refractivity contribution in [1.29, 1.82) is 0 Å². The third-order valence-corrected chi connectivity index (χ3v) is 5.22. The first-order chi connectivity index (χ1) is 15.6. The maximum atomic E-state index is 5.75. The van der Waals surface area contributed by atoms with E-state index in [0.717, 1.165) is 5.56 Å². The average molecular weight is 456 g/mol. The Labute approximate surface area is 187 Å². The molecule has 11 heteroatoms. The highest BCUT2D eigenvalue weighted by molar-refractivity contribution is 7.98. The highest BCUT2D eigenvalue weighted by Crippen LogP contribution is 2.33. The van der Waals surface area contributed by atoms with Crippen LogP contribution in [0.15, 0.2) is 50.5 Å². The smallest absolute Gasteiger partial charge is 0.277 e. The van der Waals surface area contributed by atoms with Crippen LogP contribution in [0.2, 0.25) is 0 Å². The van der Waals surface area contributed by atoms with Crippen LogP contribution in [0, 0.1) is 0 Å². The fourth-order valence-electron chi connectivity index (χ4n) is 2.84. The summed E-state index contributed by atoms with van der Waals surface area (Å²) in [6.45, 7) is 0. The largest absolute Gasteiger partial charge is 0.497 e. The van der Waals surface area contributed by atoms with Gasteiger partial charge < -0.3 is 27.8 Å². The SMILES string of the molecule is COc1cc(OC)cc(-c2nnc(SCc3nnc(-c4ccc(OC)c(OC)c4)o3)o2)c1. The first-order valence-corrected chi connectivity index (χ1v) is 10.4. The molecule has 0 spiro atoms. The van der Waals surface area contributed by atoms with Gasteiger partial charge in [0, 0.05) is 17.2 Å². The van der Waals surface area contributed by atoms with Gasteiger partial charge in [-0.25, -0.2) is 0 Å². The first kappa shape index (κ1) is 21.5. The molecule has 0 aliphatic heterocycles. The molecule has 0 bridgehead atoms. The van der Waals surface area contributed by atoms with Gasteiger partial charge in [-0.15, -0.1) is 20.4 Å². The Morgan fingerprint density at radius 2 is 1.38 bits per heavy atom. The molecule has 4 rings (SSSR count). The lowest BCUT2D eigenvalue weighted by molar-refractivity contribution is 0.355. The standard InChI is InChI=1S/C21H20N4O6S/c1-26-14-7-13(8-15(10-14)27-2)20-24-25-21(31-20)32-11-18-22-23-19(30-18)12-5-6-16(28-3)17(9-12)29-4/h5-10H,11H2,1-4H3. The van der Waals surface area contributed by atoms with Gasteiger partial charge in [-0.1, -0.05) is 11.8 Å². The molecule has 0 unspecified atom stereocenters. The van der Waals surface area contributed by atoms with Crippen molar-refractivity contribution < 1.29 is 27.8 Å². The molecule has 0 amide bonds. The molecule has 0 atom stereocenters. The van der Waals surface area contributed by atoms with Crippen molar-refractivity contribution in [2.45, 2.75) is 11.0 Å². The summed E-state index contributed by atoms with van der Waals surface area (Å²) in [5.41, 5.74) is 1.41. The Morgan fingerprint density at radius 1 is 0.688 bits per heavy atom. The lowest BCUT2D eigenvalue weighted by atomic mass is 10.2. The fraction of sp³-hybridized carbons (Fsp3) is 0.238. The number of methoxy groups -OCH3 is 4. The summed E-state index contributed by atoms with van der Waals surface area (Å²) < 4.78 is 32.6. The van der Waals surface area contributed by atoms with Gasteiger partial charge in [0.25, 0.3) is 5.22 Å². The molecule has 2 aromatic heterocycles. The van der Waals surface area contributed by atoms with Crippen molar-refractivity contribution in [2.24, 2.45) is 0 Å². The van der Waals surface area contributed by atoms with E-state index in [9.17, 15) is 0 Å². The third kappa shape index (κ3) is 4.62. The van der Waals surface area contributed by atoms with Crippen molar-refractivity contribution in [3.05, 3.63) is 42.3 Å². The summed E-state index contributed by atoms with van der Waals surface area (Å²) in [5, 5.41) is 16.7. The molecule has 166 valence electrons. The zero-order valence-corrected chi connectivity index (χ0v) is 18.6. The number of hydrogen-bond acceptors (Lipinski definition) is 11. The number of benzene rings is 2. The second-order valence-corrected chi connectivity index (χ2v) is 7.26. The predicted octanol–water partition coefficient (Wildman–Crippen LogP) is 4.11. The Balaban J connectivity index is 1.45. The summed E-state index contributed by atoms with van der Waals surface area (Å²) in [4.78, 5) is 0. The van der Waals surface area contributed by atoms with E-state index in [2.05, 4.69) is 20.4 Å². The van der Waals surface area contributed by atoms with Crippen LogP contribution >= 0.6 is 11.8 Å². The Hall–Kier alpha value is -3.73. The maximum absolute atomic E-state index is 5.75. The van der Waals surface area contributed by atoms with Gasteiger partial charge in [-0.2, -0.15) is 0 Å². The number of aromatic nitrogens is 4. The lowest BCUT2D eigenvalue weighted by Crippen LogP contribution is -1.90. The lowest BCUT2D eigenvalue weighted by Gasteiger charge is -2.07. The summed E-state index contributed by atoms with van der Waals surface area (Å²) in [7, 11) is 6.30. The summed E-state index contributed by atoms with van der Waals surface area (Å²) >= 11 is 1.29. The van der Waals surface area contributed by atoms with Gasteiger partial charge >= 0.3 is 0 Å². The molecule has 32 heavy (non-hydrogen) atoms. The van der Waals surface area contributed by atoms with Gasteiger partial charge in [0.05, 0.1) is 34.2 Å². The molecule has 0 radical (unpaired) electrons. The Kier molecular flexibility index (Phi) is 6.45. The summed E-state index contributed by atoms with van der Waals surface area (Å²) in [5.74, 6) is 3.95. The third-order valence-electron chi connectivity index (χ3n) is 4.42. The van der Waals surface area contributed by atoms with Gasteiger partial charge in [0.1, 0.15) is 11.5 Å². The van der Waals surface area contributed by atoms with Crippen LogP contribution in [-0.2, 0) is 5.75 Å². The second kappa shape index (κ2) is 9.60. The van der Waals surface area contributed by atoms with Crippen LogP contribution in [0.4, 0.5) is 0 Å². The quantitative estimate of drug-likeness (QED) is 0.339. The zero-order valence-electron chi connectivity index (χ0n) is 17.8. The molecule has 0 fully saturated rings. The van der Waals surface area contributed by atoms with Gasteiger partial charge in [0.2, 0.25) is 17.7 Å². The van der Waals surface area contributed by atoms with Crippen LogP contribution in [-0.4, -0.2) is 48.8 Å². The van der Waals surface area contributed by atoms with Crippen LogP contribution < -0.4 is 18.9 Å². The number of ether oxygens (including phenoxy) is 4. The minimum atomic E-state index is 0.348. The van der Waals surface area contributed by atoms with Crippen molar-refractivity contribution in [2.75, 3.05) is 28.4 Å². The van der Waals surface area contributed by atoms with E-state index >= 15 is 0 Å². The van der Waals surface area contributed by atoms with Crippen molar-refractivity contribution in [1.82, 2.24) is 20.4 Å². The molecule has 0 saturated carbocycles. The van der Waals surface area contributed by atoms with Gasteiger partial charge in [0.15, 0.2) is 11.5 Å². The Bertz CT molecular complexity index is 1190. The van der Waals surface area contributed by atoms with E-state index in [1.54, 1.807) is 58.8 Å². The Morgan fingerprint density at radius 3 is 2.06 bits per heavy atom. The minimum absolute atomic E-state index is 0.348. The van der Waals surface area contributed by atoms with Crippen molar-refractivity contribution in [3.8, 4) is 45.9 Å². The highest BCUT2D eigenvalue weighted by Gasteiger charge is 2.15. The van der Waals surface area contributed by atoms with Crippen LogP contribution in [0.1, 0.15) is 5.89 Å². The zero-order chi connectivity index (χ0) is 22.5. The van der Waals surface area contributed by atoms with E-state index in [0.29, 0.717) is 57.2 Å². The van der Waals surface area contributed by atoms with Gasteiger partial charge in [-0.05, 0) is 30.3 Å². The van der Waals surface area contributed by atoms with E-state index < -0.39 is 0 Å². The molecule has 0 aliphatic rings. The molecule has 0 aliphatic carbocycles. The maximum Gasteiger partial charge on any atom is 0.277 e. The minimum Gasteiger partial charge on any atom is -0.497 e. The number of thioether (sulfide) groups is 1. The highest BCUT2D eigenvalue weighted by atomic mass is 32.2. The molecule has 4 aromatic rings. The van der Waals surface area contributed by atoms with E-state index in [4.69, 9.17) is 27.8 Å². The molecular formula is C21H20N4O6S.